The molecule has 0 N–H and O–H groups in total. The molecule has 4 rings (SSSR count). The molecule has 0 heterocycles. The number of aryl methyl sites for hydroxylation is 2. The summed E-state index contributed by atoms with van der Waals surface area (Å²) in [6.07, 6.45) is 5.10. The molecule has 1 nitrogen and oxygen atoms in total. The maximum absolute atomic E-state index is 14.9. The van der Waals surface area contributed by atoms with E-state index >= 15 is 0 Å². The Labute approximate surface area is 219 Å². The largest absolute Gasteiger partial charge is 0.491 e. The van der Waals surface area contributed by atoms with Crippen molar-refractivity contribution in [3.63, 3.8) is 0 Å². The molecule has 1 aliphatic rings. The van der Waals surface area contributed by atoms with Gasteiger partial charge in [-0.1, -0.05) is 37.6 Å². The van der Waals surface area contributed by atoms with Crippen LogP contribution in [0.5, 0.6) is 5.75 Å². The van der Waals surface area contributed by atoms with E-state index in [9.17, 15) is 26.3 Å². The number of ether oxygens (including phenoxy) is 1. The highest BCUT2D eigenvalue weighted by molar-refractivity contribution is 5.66. The zero-order valence-electron chi connectivity index (χ0n) is 21.7. The molecule has 0 atom stereocenters. The van der Waals surface area contributed by atoms with Gasteiger partial charge in [0.25, 0.3) is 0 Å². The molecule has 0 aromatic heterocycles. The van der Waals surface area contributed by atoms with Gasteiger partial charge in [0, 0.05) is 11.1 Å². The Morgan fingerprint density at radius 2 is 1.21 bits per heavy atom. The lowest BCUT2D eigenvalue weighted by Gasteiger charge is -2.29. The summed E-state index contributed by atoms with van der Waals surface area (Å²) in [5.74, 6) is -6.44. The van der Waals surface area contributed by atoms with E-state index in [1.54, 1.807) is 19.1 Å². The monoisotopic (exact) mass is 534 g/mol. The molecule has 0 unspecified atom stereocenters. The van der Waals surface area contributed by atoms with Crippen LogP contribution in [0.15, 0.2) is 36.4 Å². The van der Waals surface area contributed by atoms with E-state index in [0.717, 1.165) is 19.3 Å². The van der Waals surface area contributed by atoms with Gasteiger partial charge < -0.3 is 4.74 Å². The van der Waals surface area contributed by atoms with Crippen LogP contribution in [-0.4, -0.2) is 6.61 Å². The lowest BCUT2D eigenvalue weighted by Crippen LogP contribution is -2.16. The van der Waals surface area contributed by atoms with Crippen molar-refractivity contribution >= 4 is 0 Å². The predicted molar refractivity (Wildman–Crippen MR) is 136 cm³/mol. The summed E-state index contributed by atoms with van der Waals surface area (Å²) in [7, 11) is 0. The Hall–Kier alpha value is -2.96. The number of hydrogen-bond acceptors (Lipinski definition) is 1. The SMILES string of the molecule is CCCc1ccc(C2CCC(CCc3ccc(-c4ccc(OCC)c(F)c4F)c(F)c3F)CC2)c(F)c1F. The second kappa shape index (κ2) is 12.3. The van der Waals surface area contributed by atoms with Crippen LogP contribution in [0.3, 0.4) is 0 Å². The van der Waals surface area contributed by atoms with Crippen LogP contribution in [0.2, 0.25) is 0 Å². The molecule has 1 saturated carbocycles. The fourth-order valence-corrected chi connectivity index (χ4v) is 5.50. The average molecular weight is 535 g/mol. The van der Waals surface area contributed by atoms with Crippen molar-refractivity contribution in [2.75, 3.05) is 6.61 Å². The van der Waals surface area contributed by atoms with Gasteiger partial charge in [0.2, 0.25) is 5.82 Å². The normalized spacial score (nSPS) is 17.6. The summed E-state index contributed by atoms with van der Waals surface area (Å²) in [4.78, 5) is 0. The third-order valence-electron chi connectivity index (χ3n) is 7.62. The van der Waals surface area contributed by atoms with E-state index in [2.05, 4.69) is 0 Å². The number of hydrogen-bond donors (Lipinski definition) is 0. The van der Waals surface area contributed by atoms with E-state index in [4.69, 9.17) is 4.74 Å². The van der Waals surface area contributed by atoms with E-state index in [0.29, 0.717) is 36.8 Å². The van der Waals surface area contributed by atoms with Crippen molar-refractivity contribution in [1.29, 1.82) is 0 Å². The number of halogens is 6. The minimum atomic E-state index is -1.30. The van der Waals surface area contributed by atoms with Crippen LogP contribution >= 0.6 is 0 Å². The quantitative estimate of drug-likeness (QED) is 0.249. The Bertz CT molecular complexity index is 1280. The minimum absolute atomic E-state index is 0.0608. The Morgan fingerprint density at radius 3 is 1.87 bits per heavy atom. The molecule has 38 heavy (non-hydrogen) atoms. The number of benzene rings is 3. The molecule has 204 valence electrons. The first-order valence-electron chi connectivity index (χ1n) is 13.3. The lowest BCUT2D eigenvalue weighted by atomic mass is 9.76. The van der Waals surface area contributed by atoms with Crippen molar-refractivity contribution in [3.05, 3.63) is 88.0 Å². The van der Waals surface area contributed by atoms with Gasteiger partial charge in [-0.2, -0.15) is 4.39 Å². The molecular formula is C31H32F6O. The summed E-state index contributed by atoms with van der Waals surface area (Å²) < 4.78 is 92.7. The standard InChI is InChI=1S/C31H32F6O/c1-3-5-20-12-14-22(28(34)26(20)32)19-9-6-18(7-10-19)8-11-21-13-15-23(29(35)27(21)33)24-16-17-25(38-4-2)31(37)30(24)36/h12-19H,3-11H2,1-2H3. The maximum Gasteiger partial charge on any atom is 0.201 e. The third kappa shape index (κ3) is 5.71. The van der Waals surface area contributed by atoms with Gasteiger partial charge in [0.05, 0.1) is 6.61 Å². The molecule has 7 heteroatoms. The lowest BCUT2D eigenvalue weighted by molar-refractivity contribution is 0.303. The Kier molecular flexibility index (Phi) is 9.06. The molecule has 0 saturated heterocycles. The molecule has 3 aromatic carbocycles. The zero-order valence-corrected chi connectivity index (χ0v) is 21.7. The van der Waals surface area contributed by atoms with Gasteiger partial charge in [-0.15, -0.1) is 0 Å². The third-order valence-corrected chi connectivity index (χ3v) is 7.62. The van der Waals surface area contributed by atoms with Gasteiger partial charge in [0.1, 0.15) is 0 Å². The van der Waals surface area contributed by atoms with Gasteiger partial charge in [-0.05, 0) is 92.5 Å². The van der Waals surface area contributed by atoms with E-state index in [1.807, 2.05) is 6.92 Å². The maximum atomic E-state index is 14.9. The van der Waals surface area contributed by atoms with Crippen LogP contribution in [0.4, 0.5) is 26.3 Å². The molecule has 0 spiro atoms. The van der Waals surface area contributed by atoms with Crippen LogP contribution in [0.25, 0.3) is 11.1 Å². The second-order valence-corrected chi connectivity index (χ2v) is 10.0. The highest BCUT2D eigenvalue weighted by Gasteiger charge is 2.27. The smallest absolute Gasteiger partial charge is 0.201 e. The molecule has 1 aliphatic carbocycles. The fourth-order valence-electron chi connectivity index (χ4n) is 5.50. The van der Waals surface area contributed by atoms with Gasteiger partial charge in [0.15, 0.2) is 34.8 Å². The summed E-state index contributed by atoms with van der Waals surface area (Å²) in [5, 5.41) is 0. The Balaban J connectivity index is 1.39. The Morgan fingerprint density at radius 1 is 0.632 bits per heavy atom. The number of rotatable bonds is 9. The van der Waals surface area contributed by atoms with Gasteiger partial charge in [-0.3, -0.25) is 0 Å². The molecule has 3 aromatic rings. The van der Waals surface area contributed by atoms with Crippen LogP contribution in [-0.2, 0) is 12.8 Å². The van der Waals surface area contributed by atoms with Crippen molar-refractivity contribution < 1.29 is 31.1 Å². The van der Waals surface area contributed by atoms with Crippen LogP contribution < -0.4 is 4.74 Å². The van der Waals surface area contributed by atoms with E-state index in [-0.39, 0.29) is 47.3 Å². The van der Waals surface area contributed by atoms with Crippen molar-refractivity contribution in [2.24, 2.45) is 5.92 Å². The zero-order chi connectivity index (χ0) is 27.4. The summed E-state index contributed by atoms with van der Waals surface area (Å²) >= 11 is 0. The first-order chi connectivity index (χ1) is 18.3. The molecule has 0 radical (unpaired) electrons. The predicted octanol–water partition coefficient (Wildman–Crippen LogP) is 9.45. The molecule has 1 fully saturated rings. The first-order valence-corrected chi connectivity index (χ1v) is 13.3. The minimum Gasteiger partial charge on any atom is -0.491 e. The van der Waals surface area contributed by atoms with Crippen molar-refractivity contribution in [3.8, 4) is 16.9 Å². The van der Waals surface area contributed by atoms with E-state index in [1.165, 1.54) is 24.3 Å². The highest BCUT2D eigenvalue weighted by atomic mass is 19.2. The molecular weight excluding hydrogens is 502 g/mol. The summed E-state index contributed by atoms with van der Waals surface area (Å²) in [5.41, 5.74) is 0.254. The summed E-state index contributed by atoms with van der Waals surface area (Å²) in [6, 6.07) is 8.42. The molecule has 0 bridgehead atoms. The van der Waals surface area contributed by atoms with Crippen LogP contribution in [0, 0.1) is 40.8 Å². The van der Waals surface area contributed by atoms with E-state index < -0.39 is 34.9 Å². The first kappa shape index (κ1) is 28.1. The highest BCUT2D eigenvalue weighted by Crippen LogP contribution is 2.40. The topological polar surface area (TPSA) is 9.23 Å². The fraction of sp³-hybridized carbons (Fsp3) is 0.419. The molecule has 0 amide bonds. The molecule has 0 aliphatic heterocycles. The second-order valence-electron chi connectivity index (χ2n) is 10.0. The van der Waals surface area contributed by atoms with Gasteiger partial charge >= 0.3 is 0 Å². The summed E-state index contributed by atoms with van der Waals surface area (Å²) in [6.45, 7) is 3.68. The average Bonchev–Trinajstić information content (AvgIpc) is 2.92. The van der Waals surface area contributed by atoms with Crippen molar-refractivity contribution in [1.82, 2.24) is 0 Å². The van der Waals surface area contributed by atoms with Crippen LogP contribution in [0.1, 0.15) is 75.0 Å². The van der Waals surface area contributed by atoms with Gasteiger partial charge in [-0.25, -0.2) is 22.0 Å². The van der Waals surface area contributed by atoms with Crippen molar-refractivity contribution in [2.45, 2.75) is 71.1 Å².